The van der Waals surface area contributed by atoms with Crippen LogP contribution in [0.15, 0.2) is 16.4 Å². The van der Waals surface area contributed by atoms with Crippen molar-refractivity contribution in [3.8, 4) is 0 Å². The highest BCUT2D eigenvalue weighted by molar-refractivity contribution is 8.13. The van der Waals surface area contributed by atoms with Crippen LogP contribution in [0.1, 0.15) is 12.7 Å². The van der Waals surface area contributed by atoms with E-state index in [-0.39, 0.29) is 33.2 Å². The highest BCUT2D eigenvalue weighted by Crippen LogP contribution is 2.41. The summed E-state index contributed by atoms with van der Waals surface area (Å²) in [5, 5.41) is 15.1. The molecule has 1 fully saturated rings. The van der Waals surface area contributed by atoms with Crippen LogP contribution in [0.4, 0.5) is 5.13 Å². The van der Waals surface area contributed by atoms with Crippen LogP contribution in [0.5, 0.6) is 0 Å². The quantitative estimate of drug-likeness (QED) is 0.264. The fraction of sp³-hybridized carbons (Fsp3) is 0.400. The highest BCUT2D eigenvalue weighted by atomic mass is 32.2. The molecule has 0 aliphatic carbocycles. The van der Waals surface area contributed by atoms with Gasteiger partial charge in [0.25, 0.3) is 11.8 Å². The number of β-lactam (4-membered cyclic amide) rings is 1. The number of nitrogens with two attached hydrogens (primary N) is 1. The van der Waals surface area contributed by atoms with Crippen molar-refractivity contribution in [1.82, 2.24) is 19.6 Å². The molecule has 0 saturated carbocycles. The van der Waals surface area contributed by atoms with Crippen LogP contribution in [-0.4, -0.2) is 78.0 Å². The number of nitrogen functional groups attached to an aromatic ring is 1. The van der Waals surface area contributed by atoms with Gasteiger partial charge in [-0.1, -0.05) is 16.9 Å². The van der Waals surface area contributed by atoms with E-state index in [1.807, 2.05) is 0 Å². The molecule has 1 unspecified atom stereocenters. The molecule has 1 aromatic heterocycles. The number of anilines is 1. The molecular weight excluding hydrogens is 456 g/mol. The van der Waals surface area contributed by atoms with Crippen molar-refractivity contribution in [2.45, 2.75) is 18.3 Å². The Kier molecular flexibility index (Phi) is 6.62. The Bertz CT molecular complexity index is 976. The molecule has 1 saturated heterocycles. The Morgan fingerprint density at radius 1 is 1.47 bits per heavy atom. The first-order valence-corrected chi connectivity index (χ1v) is 11.1. The third kappa shape index (κ3) is 4.27. The van der Waals surface area contributed by atoms with Crippen molar-refractivity contribution in [1.29, 1.82) is 0 Å². The fourth-order valence-corrected chi connectivity index (χ4v) is 5.33. The molecule has 0 bridgehead atoms. The van der Waals surface area contributed by atoms with E-state index in [2.05, 4.69) is 24.7 Å². The number of hydrogen-bond donors (Lipinski definition) is 3. The number of aliphatic carboxylic acids is 1. The molecule has 2 amide bonds. The number of nitrogens with zero attached hydrogens (tertiary/aromatic N) is 4. The molecule has 160 valence electrons. The summed E-state index contributed by atoms with van der Waals surface area (Å²) in [6.45, 7) is 1.38. The fourth-order valence-electron chi connectivity index (χ4n) is 2.80. The zero-order valence-corrected chi connectivity index (χ0v) is 18.1. The van der Waals surface area contributed by atoms with E-state index in [1.165, 1.54) is 25.8 Å². The van der Waals surface area contributed by atoms with Crippen LogP contribution in [0.25, 0.3) is 0 Å². The molecule has 12 nitrogen and oxygen atoms in total. The topological polar surface area (TPSA) is 177 Å². The van der Waals surface area contributed by atoms with Gasteiger partial charge in [0.05, 0.1) is 0 Å². The van der Waals surface area contributed by atoms with Gasteiger partial charge in [-0.3, -0.25) is 19.3 Å². The summed E-state index contributed by atoms with van der Waals surface area (Å²) < 4.78 is 3.91. The van der Waals surface area contributed by atoms with Gasteiger partial charge in [-0.2, -0.15) is 9.36 Å². The summed E-state index contributed by atoms with van der Waals surface area (Å²) >= 11 is 3.14. The maximum Gasteiger partial charge on any atom is 0.352 e. The minimum absolute atomic E-state index is 0.0496. The zero-order chi connectivity index (χ0) is 22.0. The molecule has 0 spiro atoms. The predicted molar refractivity (Wildman–Crippen MR) is 111 cm³/mol. The summed E-state index contributed by atoms with van der Waals surface area (Å²) in [6.07, 6.45) is 0. The van der Waals surface area contributed by atoms with Crippen molar-refractivity contribution >= 4 is 68.8 Å². The molecule has 4 N–H and O–H groups in total. The van der Waals surface area contributed by atoms with E-state index in [4.69, 9.17) is 5.73 Å². The van der Waals surface area contributed by atoms with Gasteiger partial charge in [0.1, 0.15) is 24.2 Å². The summed E-state index contributed by atoms with van der Waals surface area (Å²) in [7, 11) is 1.24. The largest absolute Gasteiger partial charge is 0.477 e. The SMILES string of the molecule is CON=C(C(=O)NC1C(=O)N2C(C(=O)O)=C(CSC(C)=O)CS[C@@H]12)c1nsc(N)n1. The number of amides is 2. The van der Waals surface area contributed by atoms with Crippen molar-refractivity contribution < 1.29 is 29.1 Å². The minimum atomic E-state index is -1.26. The number of carboxylic acid groups (broad SMARTS) is 1. The third-order valence-corrected chi connectivity index (χ3v) is 6.82. The Labute approximate surface area is 182 Å². The molecule has 2 aliphatic rings. The number of rotatable bonds is 7. The molecule has 3 rings (SSSR count). The maximum atomic E-state index is 12.7. The molecule has 1 aromatic rings. The Hall–Kier alpha value is -2.65. The smallest absolute Gasteiger partial charge is 0.352 e. The van der Waals surface area contributed by atoms with Gasteiger partial charge < -0.3 is 21.0 Å². The summed E-state index contributed by atoms with van der Waals surface area (Å²) in [4.78, 5) is 57.9. The standard InChI is InChI=1S/C15H16N6O6S3/c1-5(22)28-3-6-4-29-13-8(12(24)21(13)9(6)14(25)26)17-11(23)7(19-27-2)10-18-15(16)30-20-10/h8,13H,3-4H2,1-2H3,(H,17,23)(H,25,26)(H2,16,18,20)/t8?,13-/m0/s1. The lowest BCUT2D eigenvalue weighted by atomic mass is 10.0. The molecule has 0 radical (unpaired) electrons. The van der Waals surface area contributed by atoms with Crippen LogP contribution in [0.3, 0.4) is 0 Å². The Morgan fingerprint density at radius 3 is 2.77 bits per heavy atom. The van der Waals surface area contributed by atoms with E-state index in [9.17, 15) is 24.3 Å². The molecule has 3 heterocycles. The van der Waals surface area contributed by atoms with E-state index < -0.39 is 29.2 Å². The Morgan fingerprint density at radius 2 is 2.20 bits per heavy atom. The van der Waals surface area contributed by atoms with Gasteiger partial charge in [-0.05, 0) is 5.57 Å². The summed E-state index contributed by atoms with van der Waals surface area (Å²) in [6, 6.07) is -0.961. The van der Waals surface area contributed by atoms with Gasteiger partial charge in [0.2, 0.25) is 11.5 Å². The molecular formula is C15H16N6O6S3. The molecule has 30 heavy (non-hydrogen) atoms. The van der Waals surface area contributed by atoms with Crippen LogP contribution in [-0.2, 0) is 24.0 Å². The number of carboxylic acids is 1. The number of fused-ring (bicyclic) bond motifs is 1. The van der Waals surface area contributed by atoms with Gasteiger partial charge in [0.15, 0.2) is 10.2 Å². The first kappa shape index (κ1) is 22.0. The van der Waals surface area contributed by atoms with Crippen molar-refractivity contribution in [3.63, 3.8) is 0 Å². The van der Waals surface area contributed by atoms with Gasteiger partial charge in [-0.15, -0.1) is 11.8 Å². The van der Waals surface area contributed by atoms with E-state index in [0.29, 0.717) is 11.3 Å². The third-order valence-electron chi connectivity index (χ3n) is 4.04. The average Bonchev–Trinajstić information content (AvgIpc) is 3.13. The number of aromatic nitrogens is 2. The second kappa shape index (κ2) is 9.01. The first-order chi connectivity index (χ1) is 14.2. The molecule has 2 atom stereocenters. The second-order valence-corrected chi connectivity index (χ2v) is 9.02. The van der Waals surface area contributed by atoms with Gasteiger partial charge in [0, 0.05) is 30.0 Å². The Balaban J connectivity index is 1.77. The lowest BCUT2D eigenvalue weighted by Gasteiger charge is -2.49. The monoisotopic (exact) mass is 472 g/mol. The second-order valence-electron chi connectivity index (χ2n) is 5.98. The number of thioether (sulfide) groups is 2. The van der Waals surface area contributed by atoms with Crippen molar-refractivity contribution in [3.05, 3.63) is 17.1 Å². The minimum Gasteiger partial charge on any atom is -0.477 e. The number of carbonyl (C=O) groups is 4. The van der Waals surface area contributed by atoms with E-state index in [1.54, 1.807) is 0 Å². The van der Waals surface area contributed by atoms with Gasteiger partial charge in [-0.25, -0.2) is 4.79 Å². The molecule has 0 aromatic carbocycles. The zero-order valence-electron chi connectivity index (χ0n) is 15.6. The lowest BCUT2D eigenvalue weighted by molar-refractivity contribution is -0.150. The predicted octanol–water partition coefficient (Wildman–Crippen LogP) is -0.511. The summed E-state index contributed by atoms with van der Waals surface area (Å²) in [5.74, 6) is -2.16. The van der Waals surface area contributed by atoms with Crippen LogP contribution < -0.4 is 11.1 Å². The lowest BCUT2D eigenvalue weighted by Crippen LogP contribution is -2.71. The van der Waals surface area contributed by atoms with Gasteiger partial charge >= 0.3 is 5.97 Å². The number of nitrogens with one attached hydrogen (secondary N) is 1. The number of carbonyl (C=O) groups excluding carboxylic acids is 3. The first-order valence-electron chi connectivity index (χ1n) is 8.29. The maximum absolute atomic E-state index is 12.7. The van der Waals surface area contributed by atoms with Crippen LogP contribution >= 0.6 is 35.1 Å². The van der Waals surface area contributed by atoms with Crippen LogP contribution in [0, 0.1) is 0 Å². The normalized spacial score (nSPS) is 21.1. The van der Waals surface area contributed by atoms with Crippen molar-refractivity contribution in [2.24, 2.45) is 5.16 Å². The van der Waals surface area contributed by atoms with E-state index >= 15 is 0 Å². The molecule has 15 heteroatoms. The van der Waals surface area contributed by atoms with Crippen LogP contribution in [0.2, 0.25) is 0 Å². The molecule has 2 aliphatic heterocycles. The van der Waals surface area contributed by atoms with E-state index in [0.717, 1.165) is 28.2 Å². The van der Waals surface area contributed by atoms with Crippen molar-refractivity contribution in [2.75, 3.05) is 24.3 Å². The number of oxime groups is 1. The summed E-state index contributed by atoms with van der Waals surface area (Å²) in [5.41, 5.74) is 5.60. The highest BCUT2D eigenvalue weighted by Gasteiger charge is 2.54. The number of hydrogen-bond acceptors (Lipinski definition) is 12. The average molecular weight is 473 g/mol.